The molecule has 9 heteroatoms. The van der Waals surface area contributed by atoms with Crippen LogP contribution in [0.3, 0.4) is 0 Å². The third-order valence-electron chi connectivity index (χ3n) is 4.13. The predicted molar refractivity (Wildman–Crippen MR) is 105 cm³/mol. The van der Waals surface area contributed by atoms with Gasteiger partial charge in [-0.2, -0.15) is 13.2 Å². The summed E-state index contributed by atoms with van der Waals surface area (Å²) in [5.41, 5.74) is -0.799. The van der Waals surface area contributed by atoms with Crippen LogP contribution in [0.25, 0.3) is 0 Å². The molecule has 0 unspecified atom stereocenters. The van der Waals surface area contributed by atoms with E-state index in [1.165, 1.54) is 30.3 Å². The van der Waals surface area contributed by atoms with Gasteiger partial charge in [-0.15, -0.1) is 0 Å². The normalized spacial score (nSPS) is 11.9. The topological polar surface area (TPSA) is 66.5 Å². The zero-order valence-corrected chi connectivity index (χ0v) is 17.0. The Morgan fingerprint density at radius 3 is 2.10 bits per heavy atom. The summed E-state index contributed by atoms with van der Waals surface area (Å²) in [6, 6.07) is 9.27. The molecule has 0 fully saturated rings. The second-order valence-corrected chi connectivity index (χ2v) is 8.18. The minimum atomic E-state index is -4.58. The molecule has 0 atom stereocenters. The number of alkyl halides is 3. The van der Waals surface area contributed by atoms with Crippen molar-refractivity contribution in [3.8, 4) is 0 Å². The van der Waals surface area contributed by atoms with E-state index in [-0.39, 0.29) is 16.5 Å². The Morgan fingerprint density at radius 2 is 1.59 bits per heavy atom. The van der Waals surface area contributed by atoms with Crippen LogP contribution in [0.5, 0.6) is 0 Å². The zero-order valence-electron chi connectivity index (χ0n) is 16.2. The first-order valence-electron chi connectivity index (χ1n) is 9.18. The van der Waals surface area contributed by atoms with Crippen LogP contribution in [-0.4, -0.2) is 32.3 Å². The maximum atomic E-state index is 12.8. The van der Waals surface area contributed by atoms with Crippen molar-refractivity contribution in [2.75, 3.05) is 17.8 Å². The molecule has 2 aromatic carbocycles. The van der Waals surface area contributed by atoms with Gasteiger partial charge in [0.1, 0.15) is 0 Å². The van der Waals surface area contributed by atoms with Gasteiger partial charge in [0.05, 0.1) is 10.5 Å². The number of rotatable bonds is 8. The van der Waals surface area contributed by atoms with Gasteiger partial charge >= 0.3 is 6.18 Å². The Bertz CT molecular complexity index is 936. The SMILES string of the molecule is CCCN(CCC)C(=O)c1ccc(S(=O)(=O)Nc2cccc(C(F)(F)F)c2)cc1. The Kier molecular flexibility index (Phi) is 7.29. The summed E-state index contributed by atoms with van der Waals surface area (Å²) < 4.78 is 65.5. The predicted octanol–water partition coefficient (Wildman–Crippen LogP) is 4.77. The largest absolute Gasteiger partial charge is 0.416 e. The van der Waals surface area contributed by atoms with Gasteiger partial charge in [-0.3, -0.25) is 9.52 Å². The van der Waals surface area contributed by atoms with Crippen LogP contribution in [0.1, 0.15) is 42.6 Å². The molecule has 1 amide bonds. The molecular formula is C20H23F3N2O3S. The fourth-order valence-electron chi connectivity index (χ4n) is 2.79. The maximum Gasteiger partial charge on any atom is 0.416 e. The molecule has 0 saturated carbocycles. The number of sulfonamides is 1. The molecule has 0 radical (unpaired) electrons. The molecule has 2 aromatic rings. The minimum absolute atomic E-state index is 0.149. The van der Waals surface area contributed by atoms with Crippen LogP contribution in [0.2, 0.25) is 0 Å². The van der Waals surface area contributed by atoms with E-state index in [4.69, 9.17) is 0 Å². The summed E-state index contributed by atoms with van der Waals surface area (Å²) in [4.78, 5) is 14.1. The summed E-state index contributed by atoms with van der Waals surface area (Å²) in [6.45, 7) is 5.13. The lowest BCUT2D eigenvalue weighted by Crippen LogP contribution is -2.32. The number of benzene rings is 2. The van der Waals surface area contributed by atoms with E-state index in [1.54, 1.807) is 4.90 Å². The average molecular weight is 428 g/mol. The van der Waals surface area contributed by atoms with Gasteiger partial charge < -0.3 is 4.90 Å². The second kappa shape index (κ2) is 9.30. The lowest BCUT2D eigenvalue weighted by atomic mass is 10.2. The van der Waals surface area contributed by atoms with E-state index in [2.05, 4.69) is 4.72 Å². The first-order chi connectivity index (χ1) is 13.6. The molecule has 0 spiro atoms. The van der Waals surface area contributed by atoms with E-state index in [9.17, 15) is 26.4 Å². The molecule has 0 aliphatic heterocycles. The van der Waals surface area contributed by atoms with Crippen molar-refractivity contribution in [1.29, 1.82) is 0 Å². The molecule has 0 aliphatic carbocycles. The maximum absolute atomic E-state index is 12.8. The number of nitrogens with zero attached hydrogens (tertiary/aromatic N) is 1. The van der Waals surface area contributed by atoms with Crippen LogP contribution in [-0.2, 0) is 16.2 Å². The lowest BCUT2D eigenvalue weighted by Gasteiger charge is -2.21. The standard InChI is InChI=1S/C20H23F3N2O3S/c1-3-12-25(13-4-2)19(26)15-8-10-18(11-9-15)29(27,28)24-17-7-5-6-16(14-17)20(21,22)23/h5-11,14,24H,3-4,12-13H2,1-2H3. The lowest BCUT2D eigenvalue weighted by molar-refractivity contribution is -0.137. The second-order valence-electron chi connectivity index (χ2n) is 6.50. The zero-order chi connectivity index (χ0) is 21.7. The molecule has 2 rings (SSSR count). The van der Waals surface area contributed by atoms with Crippen molar-refractivity contribution >= 4 is 21.6 Å². The molecule has 0 bridgehead atoms. The van der Waals surface area contributed by atoms with Gasteiger partial charge in [0.15, 0.2) is 0 Å². The van der Waals surface area contributed by atoms with E-state index in [0.717, 1.165) is 31.0 Å². The summed E-state index contributed by atoms with van der Waals surface area (Å²) >= 11 is 0. The van der Waals surface area contributed by atoms with E-state index < -0.39 is 21.8 Å². The highest BCUT2D eigenvalue weighted by Crippen LogP contribution is 2.31. The summed E-state index contributed by atoms with van der Waals surface area (Å²) in [5.74, 6) is -0.191. The Balaban J connectivity index is 2.21. The van der Waals surface area contributed by atoms with Gasteiger partial charge in [0.25, 0.3) is 15.9 Å². The highest BCUT2D eigenvalue weighted by Gasteiger charge is 2.30. The number of carbonyl (C=O) groups is 1. The molecule has 0 heterocycles. The molecule has 158 valence electrons. The van der Waals surface area contributed by atoms with Crippen molar-refractivity contribution in [2.45, 2.75) is 37.8 Å². The molecule has 1 N–H and O–H groups in total. The Labute approximate surface area is 168 Å². The average Bonchev–Trinajstić information content (AvgIpc) is 2.66. The van der Waals surface area contributed by atoms with Crippen molar-refractivity contribution in [3.63, 3.8) is 0 Å². The Morgan fingerprint density at radius 1 is 1.00 bits per heavy atom. The number of hydrogen-bond donors (Lipinski definition) is 1. The monoisotopic (exact) mass is 428 g/mol. The number of anilines is 1. The van der Waals surface area contributed by atoms with Crippen LogP contribution >= 0.6 is 0 Å². The van der Waals surface area contributed by atoms with Gasteiger partial charge in [-0.25, -0.2) is 8.42 Å². The van der Waals surface area contributed by atoms with Crippen molar-refractivity contribution in [1.82, 2.24) is 4.90 Å². The quantitative estimate of drug-likeness (QED) is 0.659. The highest BCUT2D eigenvalue weighted by atomic mass is 32.2. The molecule has 0 saturated heterocycles. The van der Waals surface area contributed by atoms with Gasteiger partial charge in [-0.1, -0.05) is 19.9 Å². The van der Waals surface area contributed by atoms with E-state index in [1.807, 2.05) is 13.8 Å². The number of nitrogens with one attached hydrogen (secondary N) is 1. The fraction of sp³-hybridized carbons (Fsp3) is 0.350. The van der Waals surface area contributed by atoms with Crippen molar-refractivity contribution < 1.29 is 26.4 Å². The van der Waals surface area contributed by atoms with Crippen molar-refractivity contribution in [2.24, 2.45) is 0 Å². The molecular weight excluding hydrogens is 405 g/mol. The third kappa shape index (κ3) is 5.96. The van der Waals surface area contributed by atoms with Crippen LogP contribution in [0.15, 0.2) is 53.4 Å². The number of amides is 1. The summed E-state index contributed by atoms with van der Waals surface area (Å²) in [6.07, 6.45) is -2.97. The first-order valence-corrected chi connectivity index (χ1v) is 10.7. The van der Waals surface area contributed by atoms with Crippen LogP contribution in [0, 0.1) is 0 Å². The van der Waals surface area contributed by atoms with Crippen LogP contribution in [0.4, 0.5) is 18.9 Å². The van der Waals surface area contributed by atoms with Crippen LogP contribution < -0.4 is 4.72 Å². The summed E-state index contributed by atoms with van der Waals surface area (Å²) in [7, 11) is -4.10. The summed E-state index contributed by atoms with van der Waals surface area (Å²) in [5, 5.41) is 0. The molecule has 0 aromatic heterocycles. The van der Waals surface area contributed by atoms with E-state index >= 15 is 0 Å². The third-order valence-corrected chi connectivity index (χ3v) is 5.53. The minimum Gasteiger partial charge on any atom is -0.339 e. The number of halogens is 3. The van der Waals surface area contributed by atoms with Crippen molar-refractivity contribution in [3.05, 3.63) is 59.7 Å². The van der Waals surface area contributed by atoms with E-state index in [0.29, 0.717) is 18.7 Å². The molecule has 5 nitrogen and oxygen atoms in total. The van der Waals surface area contributed by atoms with Gasteiger partial charge in [0.2, 0.25) is 0 Å². The number of hydrogen-bond acceptors (Lipinski definition) is 3. The first kappa shape index (κ1) is 22.7. The fourth-order valence-corrected chi connectivity index (χ4v) is 3.84. The highest BCUT2D eigenvalue weighted by molar-refractivity contribution is 7.92. The Hall–Kier alpha value is -2.55. The smallest absolute Gasteiger partial charge is 0.339 e. The van der Waals surface area contributed by atoms with Gasteiger partial charge in [0, 0.05) is 24.3 Å². The molecule has 29 heavy (non-hydrogen) atoms. The number of carbonyl (C=O) groups excluding carboxylic acids is 1. The molecule has 0 aliphatic rings. The van der Waals surface area contributed by atoms with Gasteiger partial charge in [-0.05, 0) is 55.3 Å².